The van der Waals surface area contributed by atoms with E-state index in [0.717, 1.165) is 38.5 Å². The first-order valence-corrected chi connectivity index (χ1v) is 7.33. The van der Waals surface area contributed by atoms with Gasteiger partial charge in [-0.1, -0.05) is 0 Å². The molecule has 0 bridgehead atoms. The van der Waals surface area contributed by atoms with Gasteiger partial charge in [-0.2, -0.15) is 5.26 Å². The number of likely N-dealkylation sites (tertiary alicyclic amines) is 1. The Morgan fingerprint density at radius 3 is 2.95 bits per heavy atom. The van der Waals surface area contributed by atoms with Crippen LogP contribution in [0.4, 0.5) is 0 Å². The number of aliphatic hydroxyl groups excluding tert-OH is 1. The quantitative estimate of drug-likeness (QED) is 0.717. The minimum Gasteiger partial charge on any atom is -0.393 e. The molecule has 0 aromatic heterocycles. The van der Waals surface area contributed by atoms with E-state index in [4.69, 9.17) is 5.26 Å². The van der Waals surface area contributed by atoms with Gasteiger partial charge in [-0.25, -0.2) is 0 Å². The molecular formula is C14H21N3O2. The first-order chi connectivity index (χ1) is 9.19. The molecule has 5 nitrogen and oxygen atoms in total. The lowest BCUT2D eigenvalue weighted by Gasteiger charge is -2.28. The topological polar surface area (TPSA) is 76.4 Å². The molecule has 3 rings (SSSR count). The Kier molecular flexibility index (Phi) is 3.46. The number of carbonyl (C=O) groups is 1. The van der Waals surface area contributed by atoms with E-state index in [1.54, 1.807) is 4.90 Å². The molecule has 0 radical (unpaired) electrons. The van der Waals surface area contributed by atoms with Crippen LogP contribution in [0.3, 0.4) is 0 Å². The van der Waals surface area contributed by atoms with Crippen molar-refractivity contribution < 1.29 is 9.90 Å². The Bertz CT molecular complexity index is 406. The summed E-state index contributed by atoms with van der Waals surface area (Å²) in [6.45, 7) is 0.715. The third kappa shape index (κ3) is 2.35. The highest BCUT2D eigenvalue weighted by atomic mass is 16.3. The zero-order valence-corrected chi connectivity index (χ0v) is 11.1. The van der Waals surface area contributed by atoms with Gasteiger partial charge in [0.2, 0.25) is 5.91 Å². The van der Waals surface area contributed by atoms with Crippen molar-refractivity contribution in [3.63, 3.8) is 0 Å². The van der Waals surface area contributed by atoms with E-state index in [9.17, 15) is 9.90 Å². The molecule has 1 saturated carbocycles. The van der Waals surface area contributed by atoms with Gasteiger partial charge in [-0.15, -0.1) is 0 Å². The summed E-state index contributed by atoms with van der Waals surface area (Å²) >= 11 is 0. The summed E-state index contributed by atoms with van der Waals surface area (Å²) in [6, 6.07) is 2.13. The fraction of sp³-hybridized carbons (Fsp3) is 0.857. The van der Waals surface area contributed by atoms with Gasteiger partial charge in [0, 0.05) is 12.6 Å². The molecule has 1 amide bonds. The Balaban J connectivity index is 1.64. The van der Waals surface area contributed by atoms with Crippen LogP contribution in [0.5, 0.6) is 0 Å². The number of rotatable bonds is 1. The standard InChI is InChI=1S/C14H21N3O2/c15-8-10-2-1-5-17(10)14(19)13-6-9-3-4-11(18)7-12(9)16-13/h9-13,16,18H,1-7H2/t9-,10-,11+,12-,13-/m0/s1. The third-order valence-electron chi connectivity index (χ3n) is 4.90. The van der Waals surface area contributed by atoms with Crippen molar-refractivity contribution in [2.24, 2.45) is 5.92 Å². The second kappa shape index (κ2) is 5.10. The molecule has 2 aliphatic heterocycles. The molecule has 2 saturated heterocycles. The lowest BCUT2D eigenvalue weighted by atomic mass is 9.83. The van der Waals surface area contributed by atoms with Gasteiger partial charge in [0.05, 0.1) is 18.2 Å². The maximum absolute atomic E-state index is 12.5. The Labute approximate surface area is 113 Å². The SMILES string of the molecule is N#C[C@@H]1CCCN1C(=O)[C@@H]1C[C@@H]2CC[C@@H](O)C[C@@H]2N1. The predicted molar refractivity (Wildman–Crippen MR) is 69.0 cm³/mol. The molecule has 19 heavy (non-hydrogen) atoms. The molecule has 0 unspecified atom stereocenters. The van der Waals surface area contributed by atoms with Gasteiger partial charge < -0.3 is 15.3 Å². The number of nitrogens with zero attached hydrogens (tertiary/aromatic N) is 2. The number of nitrogens with one attached hydrogen (secondary N) is 1. The van der Waals surface area contributed by atoms with Gasteiger partial charge in [0.25, 0.3) is 0 Å². The molecule has 3 aliphatic rings. The minimum absolute atomic E-state index is 0.0907. The van der Waals surface area contributed by atoms with Gasteiger partial charge in [-0.3, -0.25) is 4.79 Å². The van der Waals surface area contributed by atoms with Crippen molar-refractivity contribution in [1.82, 2.24) is 10.2 Å². The number of amides is 1. The van der Waals surface area contributed by atoms with Crippen LogP contribution < -0.4 is 5.32 Å². The molecule has 104 valence electrons. The number of hydrogen-bond acceptors (Lipinski definition) is 4. The second-order valence-corrected chi connectivity index (χ2v) is 6.11. The third-order valence-corrected chi connectivity index (χ3v) is 4.90. The molecule has 0 aromatic carbocycles. The molecule has 2 heterocycles. The highest BCUT2D eigenvalue weighted by Gasteiger charge is 2.43. The molecule has 0 spiro atoms. The number of nitriles is 1. The number of aliphatic hydroxyl groups is 1. The molecule has 0 aromatic rings. The second-order valence-electron chi connectivity index (χ2n) is 6.11. The van der Waals surface area contributed by atoms with Crippen molar-refractivity contribution in [3.8, 4) is 6.07 Å². The first kappa shape index (κ1) is 12.9. The summed E-state index contributed by atoms with van der Waals surface area (Å²) in [5.74, 6) is 0.605. The van der Waals surface area contributed by atoms with Gasteiger partial charge in [0.1, 0.15) is 6.04 Å². The van der Waals surface area contributed by atoms with Crippen LogP contribution in [-0.4, -0.2) is 46.7 Å². The lowest BCUT2D eigenvalue weighted by molar-refractivity contribution is -0.133. The normalized spacial score (nSPS) is 41.9. The van der Waals surface area contributed by atoms with Crippen LogP contribution in [0.1, 0.15) is 38.5 Å². The van der Waals surface area contributed by atoms with Gasteiger partial charge >= 0.3 is 0 Å². The predicted octanol–water partition coefficient (Wildman–Crippen LogP) is 0.392. The maximum Gasteiger partial charge on any atom is 0.240 e. The average molecular weight is 263 g/mol. The van der Waals surface area contributed by atoms with E-state index in [2.05, 4.69) is 11.4 Å². The van der Waals surface area contributed by atoms with Crippen molar-refractivity contribution >= 4 is 5.91 Å². The number of carbonyl (C=O) groups excluding carboxylic acids is 1. The van der Waals surface area contributed by atoms with Crippen LogP contribution in [0.25, 0.3) is 0 Å². The van der Waals surface area contributed by atoms with E-state index in [0.29, 0.717) is 12.5 Å². The fourth-order valence-electron chi connectivity index (χ4n) is 3.86. The fourth-order valence-corrected chi connectivity index (χ4v) is 3.86. The summed E-state index contributed by atoms with van der Waals surface area (Å²) in [7, 11) is 0. The summed E-state index contributed by atoms with van der Waals surface area (Å²) < 4.78 is 0. The number of hydrogen-bond donors (Lipinski definition) is 2. The highest BCUT2D eigenvalue weighted by molar-refractivity contribution is 5.83. The molecule has 1 aliphatic carbocycles. The molecule has 2 N–H and O–H groups in total. The Hall–Kier alpha value is -1.12. The minimum atomic E-state index is -0.234. The first-order valence-electron chi connectivity index (χ1n) is 7.33. The Morgan fingerprint density at radius 1 is 1.32 bits per heavy atom. The molecule has 5 atom stereocenters. The summed E-state index contributed by atoms with van der Waals surface area (Å²) in [5, 5.41) is 22.2. The summed E-state index contributed by atoms with van der Waals surface area (Å²) in [5.41, 5.74) is 0. The average Bonchev–Trinajstić information content (AvgIpc) is 3.03. The molecular weight excluding hydrogens is 242 g/mol. The summed E-state index contributed by atoms with van der Waals surface area (Å²) in [4.78, 5) is 14.2. The maximum atomic E-state index is 12.5. The van der Waals surface area contributed by atoms with Crippen molar-refractivity contribution in [1.29, 1.82) is 5.26 Å². The monoisotopic (exact) mass is 263 g/mol. The van der Waals surface area contributed by atoms with Crippen LogP contribution >= 0.6 is 0 Å². The van der Waals surface area contributed by atoms with E-state index < -0.39 is 0 Å². The van der Waals surface area contributed by atoms with Crippen molar-refractivity contribution in [2.45, 2.75) is 62.8 Å². The zero-order valence-electron chi connectivity index (χ0n) is 11.1. The smallest absolute Gasteiger partial charge is 0.240 e. The highest BCUT2D eigenvalue weighted by Crippen LogP contribution is 2.34. The zero-order chi connectivity index (χ0) is 13.4. The van der Waals surface area contributed by atoms with Crippen LogP contribution in [0.2, 0.25) is 0 Å². The van der Waals surface area contributed by atoms with Crippen molar-refractivity contribution in [2.75, 3.05) is 6.54 Å². The van der Waals surface area contributed by atoms with E-state index in [1.807, 2.05) is 0 Å². The largest absolute Gasteiger partial charge is 0.393 e. The van der Waals surface area contributed by atoms with Gasteiger partial charge in [0.15, 0.2) is 0 Å². The Morgan fingerprint density at radius 2 is 2.16 bits per heavy atom. The lowest BCUT2D eigenvalue weighted by Crippen LogP contribution is -2.47. The van der Waals surface area contributed by atoms with Gasteiger partial charge in [-0.05, 0) is 44.4 Å². The van der Waals surface area contributed by atoms with E-state index in [1.165, 1.54) is 0 Å². The van der Waals surface area contributed by atoms with E-state index in [-0.39, 0.29) is 30.1 Å². The number of fused-ring (bicyclic) bond motifs is 1. The van der Waals surface area contributed by atoms with Crippen molar-refractivity contribution in [3.05, 3.63) is 0 Å². The van der Waals surface area contributed by atoms with Crippen LogP contribution in [0.15, 0.2) is 0 Å². The molecule has 5 heteroatoms. The van der Waals surface area contributed by atoms with E-state index >= 15 is 0 Å². The van der Waals surface area contributed by atoms with Crippen LogP contribution in [0, 0.1) is 17.2 Å². The molecule has 3 fully saturated rings. The summed E-state index contributed by atoms with van der Waals surface area (Å²) in [6.07, 6.45) is 5.00. The van der Waals surface area contributed by atoms with Crippen LogP contribution in [-0.2, 0) is 4.79 Å².